The zero-order valence-electron chi connectivity index (χ0n) is 9.31. The highest BCUT2D eigenvalue weighted by Crippen LogP contribution is 2.40. The van der Waals surface area contributed by atoms with Gasteiger partial charge in [-0.15, -0.1) is 8.78 Å². The van der Waals surface area contributed by atoms with Crippen LogP contribution in [0.4, 0.5) is 13.6 Å². The van der Waals surface area contributed by atoms with Crippen LogP contribution < -0.4 is 5.32 Å². The first-order valence-electron chi connectivity index (χ1n) is 5.35. The maximum absolute atomic E-state index is 12.8. The lowest BCUT2D eigenvalue weighted by Crippen LogP contribution is -2.18. The standard InChI is InChI=1S/C11H7F2NO4S/c12-11(13)17-6-2-1-5(3-7(6)18-11)4-8-9(15)14-10(16)19-8/h1-2,4-5H,3H2,(H,14,15,16)/b8-4-. The minimum atomic E-state index is -3.63. The highest BCUT2D eigenvalue weighted by Gasteiger charge is 2.45. The third-order valence-electron chi connectivity index (χ3n) is 2.67. The molecule has 2 heterocycles. The Hall–Kier alpha value is -1.83. The number of thioether (sulfide) groups is 1. The van der Waals surface area contributed by atoms with Crippen molar-refractivity contribution in [1.82, 2.24) is 5.32 Å². The summed E-state index contributed by atoms with van der Waals surface area (Å²) in [4.78, 5) is 22.6. The van der Waals surface area contributed by atoms with E-state index in [1.165, 1.54) is 6.08 Å². The number of hydrogen-bond donors (Lipinski definition) is 1. The normalized spacial score (nSPS) is 30.2. The molecular formula is C11H7F2NO4S. The van der Waals surface area contributed by atoms with Crippen molar-refractivity contribution in [2.75, 3.05) is 0 Å². The van der Waals surface area contributed by atoms with Crippen LogP contribution in [0, 0.1) is 5.92 Å². The SMILES string of the molecule is O=C1NC(=O)/C(=C/C2C=CC3=C(C2)OC(F)(F)O3)S1. The van der Waals surface area contributed by atoms with E-state index in [0.29, 0.717) is 0 Å². The fourth-order valence-corrected chi connectivity index (χ4v) is 2.64. The number of carbonyl (C=O) groups excluding carboxylic acids is 2. The summed E-state index contributed by atoms with van der Waals surface area (Å²) in [6, 6.07) is 0. The summed E-state index contributed by atoms with van der Waals surface area (Å²) in [5, 5.41) is 1.68. The Labute approximate surface area is 110 Å². The fourth-order valence-electron chi connectivity index (χ4n) is 1.91. The third-order valence-corrected chi connectivity index (χ3v) is 3.50. The molecule has 8 heteroatoms. The highest BCUT2D eigenvalue weighted by atomic mass is 32.2. The Morgan fingerprint density at radius 2 is 2.21 bits per heavy atom. The topological polar surface area (TPSA) is 64.6 Å². The molecule has 0 spiro atoms. The van der Waals surface area contributed by atoms with Gasteiger partial charge in [0.1, 0.15) is 0 Å². The molecule has 0 aromatic carbocycles. The van der Waals surface area contributed by atoms with Crippen molar-refractivity contribution in [2.45, 2.75) is 12.7 Å². The summed E-state index contributed by atoms with van der Waals surface area (Å²) >= 11 is 0.784. The van der Waals surface area contributed by atoms with Gasteiger partial charge in [0.25, 0.3) is 11.1 Å². The van der Waals surface area contributed by atoms with Crippen molar-refractivity contribution in [3.05, 3.63) is 34.7 Å². The summed E-state index contributed by atoms with van der Waals surface area (Å²) in [6.07, 6.45) is 1.07. The predicted molar refractivity (Wildman–Crippen MR) is 60.6 cm³/mol. The molecule has 0 aromatic heterocycles. The molecule has 0 saturated carbocycles. The molecule has 1 aliphatic carbocycles. The van der Waals surface area contributed by atoms with E-state index in [0.717, 1.165) is 11.8 Å². The summed E-state index contributed by atoms with van der Waals surface area (Å²) in [7, 11) is 0. The molecule has 1 N–H and O–H groups in total. The van der Waals surface area contributed by atoms with Gasteiger partial charge in [-0.25, -0.2) is 0 Å². The fraction of sp³-hybridized carbons (Fsp3) is 0.273. The third kappa shape index (κ3) is 2.35. The second-order valence-electron chi connectivity index (χ2n) is 4.06. The van der Waals surface area contributed by atoms with Crippen LogP contribution in [0.15, 0.2) is 34.7 Å². The molecule has 1 unspecified atom stereocenters. The highest BCUT2D eigenvalue weighted by molar-refractivity contribution is 8.18. The summed E-state index contributed by atoms with van der Waals surface area (Å²) in [5.41, 5.74) is 0. The van der Waals surface area contributed by atoms with Crippen molar-refractivity contribution in [1.29, 1.82) is 0 Å². The molecule has 2 aliphatic heterocycles. The molecule has 100 valence electrons. The van der Waals surface area contributed by atoms with Crippen LogP contribution in [-0.2, 0) is 14.3 Å². The van der Waals surface area contributed by atoms with E-state index in [1.54, 1.807) is 12.2 Å². The number of imide groups is 1. The van der Waals surface area contributed by atoms with Gasteiger partial charge in [-0.1, -0.05) is 12.2 Å². The van der Waals surface area contributed by atoms with Crippen molar-refractivity contribution < 1.29 is 27.8 Å². The first-order valence-corrected chi connectivity index (χ1v) is 6.17. The van der Waals surface area contributed by atoms with E-state index < -0.39 is 17.4 Å². The van der Waals surface area contributed by atoms with Gasteiger partial charge in [0.05, 0.1) is 4.91 Å². The Balaban J connectivity index is 1.74. The van der Waals surface area contributed by atoms with Crippen molar-refractivity contribution in [3.63, 3.8) is 0 Å². The molecule has 1 atom stereocenters. The minimum Gasteiger partial charge on any atom is -0.400 e. The van der Waals surface area contributed by atoms with E-state index in [1.807, 2.05) is 0 Å². The van der Waals surface area contributed by atoms with E-state index >= 15 is 0 Å². The number of ether oxygens (including phenoxy) is 2. The molecule has 5 nitrogen and oxygen atoms in total. The summed E-state index contributed by atoms with van der Waals surface area (Å²) in [5.74, 6) is -0.726. The number of alkyl halides is 2. The molecular weight excluding hydrogens is 280 g/mol. The largest absolute Gasteiger partial charge is 0.585 e. The maximum Gasteiger partial charge on any atom is 0.585 e. The van der Waals surface area contributed by atoms with Crippen molar-refractivity contribution in [2.24, 2.45) is 5.92 Å². The number of halogens is 2. The molecule has 1 fully saturated rings. The van der Waals surface area contributed by atoms with E-state index in [-0.39, 0.29) is 28.8 Å². The monoisotopic (exact) mass is 287 g/mol. The second-order valence-corrected chi connectivity index (χ2v) is 5.07. The zero-order valence-corrected chi connectivity index (χ0v) is 10.1. The molecule has 0 radical (unpaired) electrons. The Bertz CT molecular complexity index is 567. The van der Waals surface area contributed by atoms with Gasteiger partial charge in [0.2, 0.25) is 0 Å². The molecule has 3 aliphatic rings. The molecule has 1 saturated heterocycles. The molecule has 2 amide bonds. The van der Waals surface area contributed by atoms with Crippen LogP contribution in [0.25, 0.3) is 0 Å². The lowest BCUT2D eigenvalue weighted by molar-refractivity contribution is -0.336. The minimum absolute atomic E-state index is 0.000692. The number of rotatable bonds is 1. The average molecular weight is 287 g/mol. The van der Waals surface area contributed by atoms with Crippen molar-refractivity contribution >= 4 is 22.9 Å². The Kier molecular flexibility index (Phi) is 2.63. The molecule has 19 heavy (non-hydrogen) atoms. The smallest absolute Gasteiger partial charge is 0.400 e. The van der Waals surface area contributed by atoms with Crippen LogP contribution in [0.5, 0.6) is 0 Å². The first kappa shape index (κ1) is 12.2. The summed E-state index contributed by atoms with van der Waals surface area (Å²) in [6.45, 7) is 0. The van der Waals surface area contributed by atoms with E-state index in [4.69, 9.17) is 0 Å². The number of nitrogens with one attached hydrogen (secondary N) is 1. The Morgan fingerprint density at radius 1 is 1.42 bits per heavy atom. The average Bonchev–Trinajstić information content (AvgIpc) is 2.76. The van der Waals surface area contributed by atoms with Gasteiger partial charge in [0.15, 0.2) is 11.5 Å². The Morgan fingerprint density at radius 3 is 2.89 bits per heavy atom. The molecule has 0 bridgehead atoms. The number of carbonyl (C=O) groups is 2. The quantitative estimate of drug-likeness (QED) is 0.749. The summed E-state index contributed by atoms with van der Waals surface area (Å²) < 4.78 is 34.3. The lowest BCUT2D eigenvalue weighted by Gasteiger charge is -2.12. The van der Waals surface area contributed by atoms with Gasteiger partial charge >= 0.3 is 6.29 Å². The van der Waals surface area contributed by atoms with Gasteiger partial charge in [0, 0.05) is 12.3 Å². The first-order chi connectivity index (χ1) is 8.93. The zero-order chi connectivity index (χ0) is 13.6. The maximum atomic E-state index is 12.8. The number of amides is 2. The van der Waals surface area contributed by atoms with Crippen LogP contribution in [0.2, 0.25) is 0 Å². The van der Waals surface area contributed by atoms with Gasteiger partial charge in [-0.3, -0.25) is 14.9 Å². The van der Waals surface area contributed by atoms with Crippen LogP contribution >= 0.6 is 11.8 Å². The van der Waals surface area contributed by atoms with Gasteiger partial charge in [-0.2, -0.15) is 0 Å². The van der Waals surface area contributed by atoms with Gasteiger partial charge in [-0.05, 0) is 17.8 Å². The lowest BCUT2D eigenvalue weighted by atomic mass is 9.98. The number of allylic oxidation sites excluding steroid dienone is 4. The predicted octanol–water partition coefficient (Wildman–Crippen LogP) is 2.24. The van der Waals surface area contributed by atoms with Crippen LogP contribution in [-0.4, -0.2) is 17.4 Å². The van der Waals surface area contributed by atoms with Gasteiger partial charge < -0.3 is 9.47 Å². The van der Waals surface area contributed by atoms with Crippen LogP contribution in [0.3, 0.4) is 0 Å². The van der Waals surface area contributed by atoms with E-state index in [2.05, 4.69) is 14.8 Å². The molecule has 3 rings (SSSR count). The van der Waals surface area contributed by atoms with Crippen LogP contribution in [0.1, 0.15) is 6.42 Å². The van der Waals surface area contributed by atoms with Crippen molar-refractivity contribution in [3.8, 4) is 0 Å². The molecule has 0 aromatic rings. The number of hydrogen-bond acceptors (Lipinski definition) is 5. The second kappa shape index (κ2) is 4.09. The van der Waals surface area contributed by atoms with E-state index in [9.17, 15) is 18.4 Å².